The third kappa shape index (κ3) is 1.76. The highest BCUT2D eigenvalue weighted by molar-refractivity contribution is 5.96. The summed E-state index contributed by atoms with van der Waals surface area (Å²) in [6.45, 7) is 0. The van der Waals surface area contributed by atoms with Gasteiger partial charge in [-0.2, -0.15) is 0 Å². The van der Waals surface area contributed by atoms with E-state index in [2.05, 4.69) is 4.74 Å². The number of hydrogen-bond donors (Lipinski definition) is 1. The Balaban J connectivity index is 3.29. The summed E-state index contributed by atoms with van der Waals surface area (Å²) < 4.78 is 22.2. The Hall–Kier alpha value is -1.78. The number of halogens is 1. The summed E-state index contributed by atoms with van der Waals surface area (Å²) in [4.78, 5) is 11.1. The third-order valence-electron chi connectivity index (χ3n) is 1.73. The molecule has 0 unspecified atom stereocenters. The van der Waals surface area contributed by atoms with E-state index in [-0.39, 0.29) is 17.0 Å². The van der Waals surface area contributed by atoms with E-state index in [4.69, 9.17) is 10.5 Å². The first-order valence-corrected chi connectivity index (χ1v) is 3.81. The minimum atomic E-state index is -0.694. The molecule has 0 radical (unpaired) electrons. The minimum Gasteiger partial charge on any atom is -0.494 e. The van der Waals surface area contributed by atoms with Crippen molar-refractivity contribution in [3.63, 3.8) is 0 Å². The van der Waals surface area contributed by atoms with Crippen molar-refractivity contribution in [1.82, 2.24) is 0 Å². The fourth-order valence-electron chi connectivity index (χ4n) is 1.04. The van der Waals surface area contributed by atoms with E-state index in [0.29, 0.717) is 0 Å². The van der Waals surface area contributed by atoms with Crippen LogP contribution in [-0.4, -0.2) is 20.2 Å². The van der Waals surface area contributed by atoms with Gasteiger partial charge in [0, 0.05) is 6.07 Å². The van der Waals surface area contributed by atoms with E-state index in [9.17, 15) is 9.18 Å². The highest BCUT2D eigenvalue weighted by atomic mass is 19.1. The summed E-state index contributed by atoms with van der Waals surface area (Å²) in [6, 6.07) is 2.10. The summed E-state index contributed by atoms with van der Waals surface area (Å²) >= 11 is 0. The van der Waals surface area contributed by atoms with Gasteiger partial charge in [-0.3, -0.25) is 0 Å². The lowest BCUT2D eigenvalue weighted by Crippen LogP contribution is -2.07. The van der Waals surface area contributed by atoms with Crippen LogP contribution in [0.15, 0.2) is 12.1 Å². The van der Waals surface area contributed by atoms with Crippen molar-refractivity contribution in [2.75, 3.05) is 20.0 Å². The predicted molar refractivity (Wildman–Crippen MR) is 48.7 cm³/mol. The van der Waals surface area contributed by atoms with Crippen molar-refractivity contribution < 1.29 is 18.7 Å². The molecule has 4 nitrogen and oxygen atoms in total. The van der Waals surface area contributed by atoms with Gasteiger partial charge in [0.25, 0.3) is 0 Å². The first-order chi connectivity index (χ1) is 6.60. The molecular formula is C9H10FNO3. The standard InChI is InChI=1S/C9H10FNO3/c1-13-7-4-5(10)3-6(8(7)11)9(12)14-2/h3-4H,11H2,1-2H3. The van der Waals surface area contributed by atoms with Crippen LogP contribution in [0.25, 0.3) is 0 Å². The summed E-state index contributed by atoms with van der Waals surface area (Å²) in [5.74, 6) is -1.18. The fourth-order valence-corrected chi connectivity index (χ4v) is 1.04. The van der Waals surface area contributed by atoms with Crippen molar-refractivity contribution in [2.45, 2.75) is 0 Å². The molecule has 0 saturated heterocycles. The Morgan fingerprint density at radius 3 is 2.57 bits per heavy atom. The minimum absolute atomic E-state index is 0.0376. The smallest absolute Gasteiger partial charge is 0.340 e. The summed E-state index contributed by atoms with van der Waals surface area (Å²) in [7, 11) is 2.53. The summed E-state index contributed by atoms with van der Waals surface area (Å²) in [5, 5.41) is 0. The van der Waals surface area contributed by atoms with Gasteiger partial charge in [0.1, 0.15) is 11.6 Å². The Labute approximate surface area is 80.4 Å². The van der Waals surface area contributed by atoms with E-state index in [1.54, 1.807) is 0 Å². The number of benzene rings is 1. The Morgan fingerprint density at radius 1 is 1.43 bits per heavy atom. The molecule has 1 aromatic rings. The molecule has 0 amide bonds. The van der Waals surface area contributed by atoms with Crippen molar-refractivity contribution in [1.29, 1.82) is 0 Å². The molecule has 0 aliphatic heterocycles. The number of nitrogens with two attached hydrogens (primary N) is 1. The lowest BCUT2D eigenvalue weighted by atomic mass is 10.1. The molecule has 0 aliphatic carbocycles. The molecule has 5 heteroatoms. The van der Waals surface area contributed by atoms with Crippen LogP contribution in [0.2, 0.25) is 0 Å². The first-order valence-electron chi connectivity index (χ1n) is 3.81. The molecule has 0 heterocycles. The molecule has 0 fully saturated rings. The van der Waals surface area contributed by atoms with E-state index >= 15 is 0 Å². The van der Waals surface area contributed by atoms with E-state index in [0.717, 1.165) is 12.1 Å². The van der Waals surface area contributed by atoms with Crippen LogP contribution in [0.3, 0.4) is 0 Å². The fraction of sp³-hybridized carbons (Fsp3) is 0.222. The molecule has 0 bridgehead atoms. The van der Waals surface area contributed by atoms with Crippen LogP contribution in [-0.2, 0) is 4.74 Å². The molecule has 1 rings (SSSR count). The van der Waals surface area contributed by atoms with Gasteiger partial charge < -0.3 is 15.2 Å². The van der Waals surface area contributed by atoms with Crippen LogP contribution in [0.4, 0.5) is 10.1 Å². The SMILES string of the molecule is COC(=O)c1cc(F)cc(OC)c1N. The molecule has 0 aliphatic rings. The summed E-state index contributed by atoms with van der Waals surface area (Å²) in [5.41, 5.74) is 5.58. The topological polar surface area (TPSA) is 61.5 Å². The van der Waals surface area contributed by atoms with Gasteiger partial charge in [-0.1, -0.05) is 0 Å². The molecule has 2 N–H and O–H groups in total. The zero-order valence-electron chi connectivity index (χ0n) is 7.83. The Kier molecular flexibility index (Phi) is 2.91. The number of methoxy groups -OCH3 is 2. The maximum absolute atomic E-state index is 12.9. The predicted octanol–water partition coefficient (Wildman–Crippen LogP) is 1.20. The van der Waals surface area contributed by atoms with Crippen LogP contribution >= 0.6 is 0 Å². The number of ether oxygens (including phenoxy) is 2. The van der Waals surface area contributed by atoms with Crippen molar-refractivity contribution >= 4 is 11.7 Å². The maximum Gasteiger partial charge on any atom is 0.340 e. The Bertz CT molecular complexity index is 365. The molecule has 0 atom stereocenters. The number of anilines is 1. The molecule has 0 saturated carbocycles. The molecule has 0 aromatic heterocycles. The molecule has 1 aromatic carbocycles. The number of nitrogen functional groups attached to an aromatic ring is 1. The second-order valence-corrected chi connectivity index (χ2v) is 2.56. The maximum atomic E-state index is 12.9. The van der Waals surface area contributed by atoms with Gasteiger partial charge in [-0.15, -0.1) is 0 Å². The van der Waals surface area contributed by atoms with Gasteiger partial charge in [0.2, 0.25) is 0 Å². The number of esters is 1. The van der Waals surface area contributed by atoms with Crippen LogP contribution < -0.4 is 10.5 Å². The molecule has 76 valence electrons. The number of carbonyl (C=O) groups is 1. The third-order valence-corrected chi connectivity index (χ3v) is 1.73. The van der Waals surface area contributed by atoms with Crippen LogP contribution in [0, 0.1) is 5.82 Å². The van der Waals surface area contributed by atoms with Crippen molar-refractivity contribution in [3.8, 4) is 5.75 Å². The average molecular weight is 199 g/mol. The van der Waals surface area contributed by atoms with Gasteiger partial charge >= 0.3 is 5.97 Å². The number of hydrogen-bond acceptors (Lipinski definition) is 4. The average Bonchev–Trinajstić information content (AvgIpc) is 2.19. The quantitative estimate of drug-likeness (QED) is 0.574. The lowest BCUT2D eigenvalue weighted by molar-refractivity contribution is 0.0601. The molecule has 14 heavy (non-hydrogen) atoms. The van der Waals surface area contributed by atoms with Crippen molar-refractivity contribution in [3.05, 3.63) is 23.5 Å². The van der Waals surface area contributed by atoms with Crippen LogP contribution in [0.1, 0.15) is 10.4 Å². The molecular weight excluding hydrogens is 189 g/mol. The Morgan fingerprint density at radius 2 is 2.07 bits per heavy atom. The van der Waals surface area contributed by atoms with E-state index < -0.39 is 11.8 Å². The normalized spacial score (nSPS) is 9.64. The number of rotatable bonds is 2. The second kappa shape index (κ2) is 3.95. The summed E-state index contributed by atoms with van der Waals surface area (Å²) in [6.07, 6.45) is 0. The van der Waals surface area contributed by atoms with Crippen molar-refractivity contribution in [2.24, 2.45) is 0 Å². The highest BCUT2D eigenvalue weighted by Gasteiger charge is 2.15. The van der Waals surface area contributed by atoms with E-state index in [1.165, 1.54) is 14.2 Å². The van der Waals surface area contributed by atoms with Gasteiger partial charge in [-0.25, -0.2) is 9.18 Å². The largest absolute Gasteiger partial charge is 0.494 e. The second-order valence-electron chi connectivity index (χ2n) is 2.56. The zero-order valence-corrected chi connectivity index (χ0v) is 7.83. The van der Waals surface area contributed by atoms with E-state index in [1.807, 2.05) is 0 Å². The van der Waals surface area contributed by atoms with Gasteiger partial charge in [0.15, 0.2) is 0 Å². The number of carbonyl (C=O) groups excluding carboxylic acids is 1. The lowest BCUT2D eigenvalue weighted by Gasteiger charge is -2.08. The van der Waals surface area contributed by atoms with Crippen LogP contribution in [0.5, 0.6) is 5.75 Å². The zero-order chi connectivity index (χ0) is 10.7. The van der Waals surface area contributed by atoms with Gasteiger partial charge in [0.05, 0.1) is 25.5 Å². The van der Waals surface area contributed by atoms with Gasteiger partial charge in [-0.05, 0) is 6.07 Å². The first kappa shape index (κ1) is 10.3. The monoisotopic (exact) mass is 199 g/mol. The highest BCUT2D eigenvalue weighted by Crippen LogP contribution is 2.26. The molecule has 0 spiro atoms.